The molecule has 3 heteroatoms. The Morgan fingerprint density at radius 2 is 1.87 bits per heavy atom. The minimum absolute atomic E-state index is 0.0740. The molecular weight excluding hydrogens is 188 g/mol. The lowest BCUT2D eigenvalue weighted by atomic mass is 10.1. The molecule has 1 atom stereocenters. The predicted octanol–water partition coefficient (Wildman–Crippen LogP) is 1.85. The lowest BCUT2D eigenvalue weighted by molar-refractivity contribution is -0.123. The van der Waals surface area contributed by atoms with E-state index in [0.29, 0.717) is 12.6 Å². The summed E-state index contributed by atoms with van der Waals surface area (Å²) < 4.78 is 0. The normalized spacial score (nSPS) is 12.6. The van der Waals surface area contributed by atoms with Crippen LogP contribution in [0.3, 0.4) is 0 Å². The number of carbonyl (C=O) groups excluding carboxylic acids is 1. The number of rotatable bonds is 7. The second-order valence-corrected chi connectivity index (χ2v) is 4.08. The molecule has 0 aliphatic rings. The number of nitrogens with one attached hydrogen (secondary N) is 2. The van der Waals surface area contributed by atoms with E-state index in [9.17, 15) is 4.79 Å². The summed E-state index contributed by atoms with van der Waals surface area (Å²) in [6.45, 7) is 12.5. The zero-order valence-corrected chi connectivity index (χ0v) is 10.4. The largest absolute Gasteiger partial charge is 0.352 e. The number of carbonyl (C=O) groups is 1. The van der Waals surface area contributed by atoms with E-state index in [2.05, 4.69) is 31.1 Å². The van der Waals surface area contributed by atoms with Crippen LogP contribution in [0.25, 0.3) is 0 Å². The molecule has 0 heterocycles. The van der Waals surface area contributed by atoms with Gasteiger partial charge in [0.05, 0.1) is 6.04 Å². The lowest BCUT2D eigenvalue weighted by Gasteiger charge is -2.19. The maximum absolute atomic E-state index is 11.7. The van der Waals surface area contributed by atoms with E-state index in [1.54, 1.807) is 0 Å². The lowest BCUT2D eigenvalue weighted by Crippen LogP contribution is -2.46. The Morgan fingerprint density at radius 1 is 1.33 bits per heavy atom. The van der Waals surface area contributed by atoms with Crippen LogP contribution in [0.4, 0.5) is 0 Å². The summed E-state index contributed by atoms with van der Waals surface area (Å²) in [5.74, 6) is 0.0740. The molecule has 0 aromatic rings. The summed E-state index contributed by atoms with van der Waals surface area (Å²) in [7, 11) is 0. The Labute approximate surface area is 93.3 Å². The average molecular weight is 212 g/mol. The molecule has 0 fully saturated rings. The number of amides is 1. The van der Waals surface area contributed by atoms with E-state index >= 15 is 0 Å². The SMILES string of the molecule is C=C(C)CNC(C)C(=O)NC(CC)CC. The van der Waals surface area contributed by atoms with Crippen LogP contribution in [0.2, 0.25) is 0 Å². The fourth-order valence-electron chi connectivity index (χ4n) is 1.24. The van der Waals surface area contributed by atoms with E-state index in [1.165, 1.54) is 0 Å². The molecule has 0 radical (unpaired) electrons. The summed E-state index contributed by atoms with van der Waals surface area (Å²) in [4.78, 5) is 11.7. The number of hydrogen-bond donors (Lipinski definition) is 2. The fraction of sp³-hybridized carbons (Fsp3) is 0.750. The van der Waals surface area contributed by atoms with Crippen molar-refractivity contribution >= 4 is 5.91 Å². The Balaban J connectivity index is 3.92. The topological polar surface area (TPSA) is 41.1 Å². The predicted molar refractivity (Wildman–Crippen MR) is 64.8 cm³/mol. The maximum atomic E-state index is 11.7. The highest BCUT2D eigenvalue weighted by Gasteiger charge is 2.14. The zero-order valence-electron chi connectivity index (χ0n) is 10.4. The van der Waals surface area contributed by atoms with Crippen molar-refractivity contribution in [3.05, 3.63) is 12.2 Å². The van der Waals surface area contributed by atoms with Crippen LogP contribution in [0.1, 0.15) is 40.5 Å². The van der Waals surface area contributed by atoms with Gasteiger partial charge in [-0.05, 0) is 26.7 Å². The molecule has 15 heavy (non-hydrogen) atoms. The van der Waals surface area contributed by atoms with Crippen LogP contribution < -0.4 is 10.6 Å². The number of hydrogen-bond acceptors (Lipinski definition) is 2. The molecule has 1 amide bonds. The maximum Gasteiger partial charge on any atom is 0.237 e. The molecule has 0 spiro atoms. The van der Waals surface area contributed by atoms with Crippen molar-refractivity contribution < 1.29 is 4.79 Å². The average Bonchev–Trinajstić information content (AvgIpc) is 2.21. The molecule has 1 unspecified atom stereocenters. The summed E-state index contributed by atoms with van der Waals surface area (Å²) in [6, 6.07) is 0.147. The summed E-state index contributed by atoms with van der Waals surface area (Å²) in [5, 5.41) is 6.13. The van der Waals surface area contributed by atoms with E-state index in [-0.39, 0.29) is 11.9 Å². The Kier molecular flexibility index (Phi) is 7.05. The smallest absolute Gasteiger partial charge is 0.237 e. The molecule has 88 valence electrons. The van der Waals surface area contributed by atoms with Gasteiger partial charge in [0.25, 0.3) is 0 Å². The Morgan fingerprint density at radius 3 is 2.27 bits per heavy atom. The third kappa shape index (κ3) is 6.28. The van der Waals surface area contributed by atoms with Gasteiger partial charge in [-0.15, -0.1) is 0 Å². The molecule has 2 N–H and O–H groups in total. The van der Waals surface area contributed by atoms with Crippen LogP contribution >= 0.6 is 0 Å². The zero-order chi connectivity index (χ0) is 11.8. The highest BCUT2D eigenvalue weighted by molar-refractivity contribution is 5.81. The van der Waals surface area contributed by atoms with Gasteiger partial charge in [0.15, 0.2) is 0 Å². The van der Waals surface area contributed by atoms with Gasteiger partial charge in [0.1, 0.15) is 0 Å². The van der Waals surface area contributed by atoms with Gasteiger partial charge in [0.2, 0.25) is 5.91 Å². The van der Waals surface area contributed by atoms with Gasteiger partial charge in [-0.25, -0.2) is 0 Å². The van der Waals surface area contributed by atoms with Gasteiger partial charge >= 0.3 is 0 Å². The van der Waals surface area contributed by atoms with Gasteiger partial charge < -0.3 is 10.6 Å². The van der Waals surface area contributed by atoms with Gasteiger partial charge in [-0.3, -0.25) is 4.79 Å². The van der Waals surface area contributed by atoms with Crippen LogP contribution in [-0.4, -0.2) is 24.5 Å². The van der Waals surface area contributed by atoms with Gasteiger partial charge in [-0.2, -0.15) is 0 Å². The van der Waals surface area contributed by atoms with Crippen molar-refractivity contribution in [2.75, 3.05) is 6.54 Å². The monoisotopic (exact) mass is 212 g/mol. The van der Waals surface area contributed by atoms with Crippen LogP contribution in [0, 0.1) is 0 Å². The molecule has 0 saturated carbocycles. The second kappa shape index (κ2) is 7.46. The molecule has 0 aromatic heterocycles. The molecule has 0 aromatic carbocycles. The molecule has 3 nitrogen and oxygen atoms in total. The van der Waals surface area contributed by atoms with Crippen LogP contribution in [0.5, 0.6) is 0 Å². The standard InChI is InChI=1S/C12H24N2O/c1-6-11(7-2)14-12(15)10(5)13-8-9(3)4/h10-11,13H,3,6-8H2,1-2,4-5H3,(H,14,15). The molecule has 0 aliphatic carbocycles. The van der Waals surface area contributed by atoms with Crippen molar-refractivity contribution in [1.82, 2.24) is 10.6 Å². The first-order valence-corrected chi connectivity index (χ1v) is 5.69. The first-order valence-electron chi connectivity index (χ1n) is 5.69. The summed E-state index contributed by atoms with van der Waals surface area (Å²) in [5.41, 5.74) is 1.04. The minimum Gasteiger partial charge on any atom is -0.352 e. The highest BCUT2D eigenvalue weighted by Crippen LogP contribution is 1.97. The third-order valence-corrected chi connectivity index (χ3v) is 2.44. The fourth-order valence-corrected chi connectivity index (χ4v) is 1.24. The van der Waals surface area contributed by atoms with Crippen LogP contribution in [-0.2, 0) is 4.79 Å². The van der Waals surface area contributed by atoms with E-state index < -0.39 is 0 Å². The summed E-state index contributed by atoms with van der Waals surface area (Å²) in [6.07, 6.45) is 1.96. The third-order valence-electron chi connectivity index (χ3n) is 2.44. The quantitative estimate of drug-likeness (QED) is 0.632. The molecule has 0 aliphatic heterocycles. The Hall–Kier alpha value is -0.830. The van der Waals surface area contributed by atoms with E-state index in [4.69, 9.17) is 0 Å². The van der Waals surface area contributed by atoms with Crippen molar-refractivity contribution in [3.63, 3.8) is 0 Å². The highest BCUT2D eigenvalue weighted by atomic mass is 16.2. The molecule has 0 saturated heterocycles. The van der Waals surface area contributed by atoms with Crippen molar-refractivity contribution in [3.8, 4) is 0 Å². The first-order chi connectivity index (χ1) is 7.01. The van der Waals surface area contributed by atoms with Crippen LogP contribution in [0.15, 0.2) is 12.2 Å². The van der Waals surface area contributed by atoms with Gasteiger partial charge in [0, 0.05) is 12.6 Å². The molecular formula is C12H24N2O. The Bertz CT molecular complexity index is 210. The van der Waals surface area contributed by atoms with Crippen molar-refractivity contribution in [1.29, 1.82) is 0 Å². The van der Waals surface area contributed by atoms with Gasteiger partial charge in [-0.1, -0.05) is 26.0 Å². The van der Waals surface area contributed by atoms with Crippen molar-refractivity contribution in [2.24, 2.45) is 0 Å². The van der Waals surface area contributed by atoms with E-state index in [0.717, 1.165) is 18.4 Å². The second-order valence-electron chi connectivity index (χ2n) is 4.08. The van der Waals surface area contributed by atoms with Crippen molar-refractivity contribution in [2.45, 2.75) is 52.6 Å². The first kappa shape index (κ1) is 14.2. The minimum atomic E-state index is -0.151. The summed E-state index contributed by atoms with van der Waals surface area (Å²) >= 11 is 0. The van der Waals surface area contributed by atoms with E-state index in [1.807, 2.05) is 13.8 Å². The molecule has 0 rings (SSSR count). The molecule has 0 bridgehead atoms.